The number of aliphatic hydroxyl groups excluding tert-OH is 2. The maximum atomic E-state index is 13.3. The van der Waals surface area contributed by atoms with Crippen molar-refractivity contribution >= 4 is 5.97 Å². The van der Waals surface area contributed by atoms with Crippen molar-refractivity contribution in [2.24, 2.45) is 0 Å². The second-order valence-corrected chi connectivity index (χ2v) is 3.56. The van der Waals surface area contributed by atoms with Gasteiger partial charge in [-0.05, 0) is 6.07 Å². The molecule has 2 N–H and O–H groups in total. The summed E-state index contributed by atoms with van der Waals surface area (Å²) in [4.78, 5) is 10.8. The minimum absolute atomic E-state index is 0.601. The fourth-order valence-corrected chi connectivity index (χ4v) is 1.34. The van der Waals surface area contributed by atoms with Crippen LogP contribution in [0.5, 0.6) is 0 Å². The Bertz CT molecular complexity index is 450. The number of rotatable bonds is 4. The molecule has 0 saturated heterocycles. The van der Waals surface area contributed by atoms with E-state index < -0.39 is 47.6 Å². The highest BCUT2D eigenvalue weighted by Gasteiger charge is 2.26. The zero-order chi connectivity index (χ0) is 13.9. The number of ether oxygens (including phenoxy) is 1. The van der Waals surface area contributed by atoms with E-state index in [4.69, 9.17) is 0 Å². The molecule has 0 heterocycles. The summed E-state index contributed by atoms with van der Waals surface area (Å²) in [6.07, 6.45) is -4.15. The summed E-state index contributed by atoms with van der Waals surface area (Å²) in [6, 6.07) is 1.40. The fourth-order valence-electron chi connectivity index (χ4n) is 1.34. The van der Waals surface area contributed by atoms with Crippen LogP contribution < -0.4 is 0 Å². The molecule has 2 atom stereocenters. The third kappa shape index (κ3) is 2.99. The van der Waals surface area contributed by atoms with Crippen molar-refractivity contribution in [2.45, 2.75) is 18.6 Å². The van der Waals surface area contributed by atoms with E-state index in [-0.39, 0.29) is 0 Å². The average Bonchev–Trinajstić information content (AvgIpc) is 2.35. The van der Waals surface area contributed by atoms with Crippen molar-refractivity contribution in [2.75, 3.05) is 7.11 Å². The standard InChI is InChI=1S/C11H11F3O4/c1-18-8(16)4-7(15)11(17)5-2-3-6(12)10(14)9(5)13/h2-3,7,11,15,17H,4H2,1H3. The minimum atomic E-state index is -1.86. The molecule has 1 rings (SSSR count). The number of esters is 1. The molecule has 1 aromatic rings. The lowest BCUT2D eigenvalue weighted by Gasteiger charge is -2.17. The number of carbonyl (C=O) groups excluding carboxylic acids is 1. The van der Waals surface area contributed by atoms with E-state index >= 15 is 0 Å². The maximum absolute atomic E-state index is 13.3. The van der Waals surface area contributed by atoms with Crippen molar-refractivity contribution in [1.82, 2.24) is 0 Å². The molecule has 18 heavy (non-hydrogen) atoms. The van der Waals surface area contributed by atoms with Gasteiger partial charge in [-0.25, -0.2) is 13.2 Å². The lowest BCUT2D eigenvalue weighted by Crippen LogP contribution is -2.23. The first-order chi connectivity index (χ1) is 8.38. The number of carbonyl (C=O) groups is 1. The van der Waals surface area contributed by atoms with Gasteiger partial charge in [0.15, 0.2) is 17.5 Å². The van der Waals surface area contributed by atoms with E-state index in [2.05, 4.69) is 4.74 Å². The van der Waals surface area contributed by atoms with Gasteiger partial charge in [-0.1, -0.05) is 6.07 Å². The van der Waals surface area contributed by atoms with E-state index in [0.29, 0.717) is 6.07 Å². The van der Waals surface area contributed by atoms with E-state index in [1.807, 2.05) is 0 Å². The molecule has 0 aliphatic rings. The third-order valence-electron chi connectivity index (χ3n) is 2.35. The summed E-state index contributed by atoms with van der Waals surface area (Å²) < 4.78 is 43.1. The SMILES string of the molecule is COC(=O)CC(O)C(O)c1ccc(F)c(F)c1F. The summed E-state index contributed by atoms with van der Waals surface area (Å²) in [5.74, 6) is -5.60. The largest absolute Gasteiger partial charge is 0.469 e. The Balaban J connectivity index is 2.93. The number of benzene rings is 1. The van der Waals surface area contributed by atoms with Crippen LogP contribution >= 0.6 is 0 Å². The van der Waals surface area contributed by atoms with Crippen LogP contribution in [0, 0.1) is 17.5 Å². The lowest BCUT2D eigenvalue weighted by molar-refractivity contribution is -0.144. The van der Waals surface area contributed by atoms with Crippen LogP contribution in [0.2, 0.25) is 0 Å². The normalized spacial score (nSPS) is 14.1. The van der Waals surface area contributed by atoms with Crippen LogP contribution in [0.15, 0.2) is 12.1 Å². The minimum Gasteiger partial charge on any atom is -0.469 e. The topological polar surface area (TPSA) is 66.8 Å². The predicted molar refractivity (Wildman–Crippen MR) is 53.9 cm³/mol. The Morgan fingerprint density at radius 1 is 1.28 bits per heavy atom. The molecular weight excluding hydrogens is 253 g/mol. The van der Waals surface area contributed by atoms with Gasteiger partial charge in [0, 0.05) is 5.56 Å². The zero-order valence-electron chi connectivity index (χ0n) is 9.36. The molecule has 0 bridgehead atoms. The molecule has 0 radical (unpaired) electrons. The summed E-state index contributed by atoms with van der Waals surface area (Å²) in [5.41, 5.74) is -0.634. The van der Waals surface area contributed by atoms with Crippen LogP contribution in [0.4, 0.5) is 13.2 Å². The van der Waals surface area contributed by atoms with Crippen molar-refractivity contribution in [1.29, 1.82) is 0 Å². The second-order valence-electron chi connectivity index (χ2n) is 3.56. The van der Waals surface area contributed by atoms with E-state index in [0.717, 1.165) is 13.2 Å². The Morgan fingerprint density at radius 3 is 2.44 bits per heavy atom. The smallest absolute Gasteiger partial charge is 0.308 e. The Kier molecular flexibility index (Phi) is 4.69. The van der Waals surface area contributed by atoms with Gasteiger partial charge < -0.3 is 14.9 Å². The summed E-state index contributed by atoms with van der Waals surface area (Å²) >= 11 is 0. The molecule has 0 aliphatic heterocycles. The number of hydrogen-bond donors (Lipinski definition) is 2. The highest BCUT2D eigenvalue weighted by molar-refractivity contribution is 5.69. The molecule has 0 spiro atoms. The maximum Gasteiger partial charge on any atom is 0.308 e. The first-order valence-electron chi connectivity index (χ1n) is 4.94. The van der Waals surface area contributed by atoms with Gasteiger partial charge in [-0.2, -0.15) is 0 Å². The van der Waals surface area contributed by atoms with Crippen molar-refractivity contribution in [3.05, 3.63) is 35.1 Å². The summed E-state index contributed by atoms with van der Waals surface area (Å²) in [6.45, 7) is 0. The Labute approximate surface area is 101 Å². The van der Waals surface area contributed by atoms with Gasteiger partial charge in [0.05, 0.1) is 19.6 Å². The van der Waals surface area contributed by atoms with Crippen molar-refractivity contribution in [3.8, 4) is 0 Å². The van der Waals surface area contributed by atoms with E-state index in [1.165, 1.54) is 0 Å². The van der Waals surface area contributed by atoms with Crippen molar-refractivity contribution < 1.29 is 32.9 Å². The average molecular weight is 264 g/mol. The van der Waals surface area contributed by atoms with Gasteiger partial charge in [-0.15, -0.1) is 0 Å². The third-order valence-corrected chi connectivity index (χ3v) is 2.35. The molecule has 0 aliphatic carbocycles. The molecule has 100 valence electrons. The van der Waals surface area contributed by atoms with Crippen LogP contribution in [0.1, 0.15) is 18.1 Å². The molecule has 0 amide bonds. The number of hydrogen-bond acceptors (Lipinski definition) is 4. The second kappa shape index (κ2) is 5.83. The monoisotopic (exact) mass is 264 g/mol. The molecule has 2 unspecified atom stereocenters. The predicted octanol–water partition coefficient (Wildman–Crippen LogP) is 1.06. The first kappa shape index (κ1) is 14.5. The van der Waals surface area contributed by atoms with Crippen LogP contribution in [0.25, 0.3) is 0 Å². The van der Waals surface area contributed by atoms with Gasteiger partial charge in [0.25, 0.3) is 0 Å². The first-order valence-corrected chi connectivity index (χ1v) is 4.94. The van der Waals surface area contributed by atoms with Crippen LogP contribution in [-0.2, 0) is 9.53 Å². The van der Waals surface area contributed by atoms with Gasteiger partial charge in [0.1, 0.15) is 6.10 Å². The number of halogens is 3. The highest BCUT2D eigenvalue weighted by Crippen LogP contribution is 2.25. The van der Waals surface area contributed by atoms with Crippen LogP contribution in [-0.4, -0.2) is 29.4 Å². The number of aliphatic hydroxyl groups is 2. The number of methoxy groups -OCH3 is 1. The van der Waals surface area contributed by atoms with Crippen molar-refractivity contribution in [3.63, 3.8) is 0 Å². The summed E-state index contributed by atoms with van der Waals surface area (Å²) in [5, 5.41) is 19.0. The molecule has 0 aromatic heterocycles. The van der Waals surface area contributed by atoms with Crippen LogP contribution in [0.3, 0.4) is 0 Å². The Hall–Kier alpha value is -1.60. The zero-order valence-corrected chi connectivity index (χ0v) is 9.36. The lowest BCUT2D eigenvalue weighted by atomic mass is 10.0. The molecule has 1 aromatic carbocycles. The highest BCUT2D eigenvalue weighted by atomic mass is 19.2. The quantitative estimate of drug-likeness (QED) is 0.630. The Morgan fingerprint density at radius 2 is 1.89 bits per heavy atom. The summed E-state index contributed by atoms with van der Waals surface area (Å²) in [7, 11) is 1.07. The molecule has 0 saturated carbocycles. The molecular formula is C11H11F3O4. The molecule has 7 heteroatoms. The molecule has 4 nitrogen and oxygen atoms in total. The van der Waals surface area contributed by atoms with Gasteiger partial charge >= 0.3 is 5.97 Å². The van der Waals surface area contributed by atoms with E-state index in [9.17, 15) is 28.2 Å². The van der Waals surface area contributed by atoms with E-state index in [1.54, 1.807) is 0 Å². The van der Waals surface area contributed by atoms with Gasteiger partial charge in [-0.3, -0.25) is 4.79 Å². The fraction of sp³-hybridized carbons (Fsp3) is 0.364. The molecule has 0 fully saturated rings. The van der Waals surface area contributed by atoms with Gasteiger partial charge in [0.2, 0.25) is 0 Å².